The largest absolute Gasteiger partial charge is 0.361 e. The zero-order chi connectivity index (χ0) is 21.0. The van der Waals surface area contributed by atoms with E-state index in [1.54, 1.807) is 4.90 Å². The molecule has 5 rings (SSSR count). The van der Waals surface area contributed by atoms with E-state index in [0.29, 0.717) is 17.9 Å². The minimum atomic E-state index is -0.147. The highest BCUT2D eigenvalue weighted by atomic mass is 35.5. The molecule has 0 unspecified atom stereocenters. The zero-order valence-electron chi connectivity index (χ0n) is 17.0. The molecule has 4 aromatic rings. The molecular formula is C23H21ClN4O2. The average molecular weight is 421 g/mol. The van der Waals surface area contributed by atoms with E-state index in [4.69, 9.17) is 21.1 Å². The van der Waals surface area contributed by atoms with Crippen LogP contribution in [0.25, 0.3) is 22.2 Å². The summed E-state index contributed by atoms with van der Waals surface area (Å²) >= 11 is 6.32. The van der Waals surface area contributed by atoms with E-state index in [1.165, 1.54) is 0 Å². The number of benzene rings is 2. The van der Waals surface area contributed by atoms with Gasteiger partial charge in [0.15, 0.2) is 0 Å². The number of aryl methyl sites for hydroxylation is 3. The van der Waals surface area contributed by atoms with Crippen LogP contribution >= 0.6 is 11.6 Å². The third-order valence-corrected chi connectivity index (χ3v) is 6.19. The molecule has 1 atom stereocenters. The number of amides is 1. The van der Waals surface area contributed by atoms with E-state index < -0.39 is 0 Å². The smallest absolute Gasteiger partial charge is 0.227 e. The molecule has 0 radical (unpaired) electrons. The van der Waals surface area contributed by atoms with Gasteiger partial charge in [-0.2, -0.15) is 0 Å². The summed E-state index contributed by atoms with van der Waals surface area (Å²) in [4.78, 5) is 22.7. The van der Waals surface area contributed by atoms with Crippen molar-refractivity contribution in [1.29, 1.82) is 0 Å². The van der Waals surface area contributed by atoms with Crippen LogP contribution < -0.4 is 4.90 Å². The van der Waals surface area contributed by atoms with Gasteiger partial charge in [0.2, 0.25) is 5.91 Å². The Morgan fingerprint density at radius 1 is 1.17 bits per heavy atom. The first-order chi connectivity index (χ1) is 14.4. The molecular weight excluding hydrogens is 400 g/mol. The molecule has 7 heteroatoms. The lowest BCUT2D eigenvalue weighted by atomic mass is 10.0. The van der Waals surface area contributed by atoms with Gasteiger partial charge in [-0.1, -0.05) is 28.9 Å². The minimum absolute atomic E-state index is 0.0804. The zero-order valence-corrected chi connectivity index (χ0v) is 17.7. The van der Waals surface area contributed by atoms with E-state index in [-0.39, 0.29) is 11.9 Å². The maximum absolute atomic E-state index is 12.7. The average Bonchev–Trinajstić information content (AvgIpc) is 3.40. The van der Waals surface area contributed by atoms with Crippen molar-refractivity contribution in [2.75, 3.05) is 4.90 Å². The molecule has 0 bridgehead atoms. The van der Waals surface area contributed by atoms with Crippen molar-refractivity contribution in [1.82, 2.24) is 15.1 Å². The minimum Gasteiger partial charge on any atom is -0.361 e. The van der Waals surface area contributed by atoms with Gasteiger partial charge in [0.1, 0.15) is 11.6 Å². The van der Waals surface area contributed by atoms with Crippen LogP contribution in [0.4, 0.5) is 5.69 Å². The van der Waals surface area contributed by atoms with E-state index >= 15 is 0 Å². The van der Waals surface area contributed by atoms with Gasteiger partial charge in [-0.05, 0) is 62.6 Å². The summed E-state index contributed by atoms with van der Waals surface area (Å²) in [6.07, 6.45) is 1.19. The standard InChI is InChI=1S/C23H21ClN4O2/c1-12-4-6-16(11-17(12)24)28-20(8-9-21(28)29)23-25-18-7-5-15(10-19(18)26-23)22-13(2)27-30-14(22)3/h4-7,10-11,20H,8-9H2,1-3H3,(H,25,26)/t20-/m0/s1. The monoisotopic (exact) mass is 420 g/mol. The molecule has 0 saturated carbocycles. The van der Waals surface area contributed by atoms with Gasteiger partial charge in [-0.15, -0.1) is 0 Å². The van der Waals surface area contributed by atoms with Crippen LogP contribution in [0.3, 0.4) is 0 Å². The Morgan fingerprint density at radius 2 is 2.00 bits per heavy atom. The number of imidazole rings is 1. The molecule has 1 amide bonds. The third-order valence-electron chi connectivity index (χ3n) is 5.78. The van der Waals surface area contributed by atoms with Crippen molar-refractivity contribution in [2.24, 2.45) is 0 Å². The van der Waals surface area contributed by atoms with Gasteiger partial charge in [0.05, 0.1) is 22.8 Å². The molecule has 1 N–H and O–H groups in total. The topological polar surface area (TPSA) is 75.0 Å². The normalized spacial score (nSPS) is 16.7. The quantitative estimate of drug-likeness (QED) is 0.463. The Labute approximate surface area is 178 Å². The second-order valence-corrected chi connectivity index (χ2v) is 8.21. The van der Waals surface area contributed by atoms with Crippen LogP contribution in [-0.2, 0) is 4.79 Å². The fourth-order valence-corrected chi connectivity index (χ4v) is 4.41. The number of H-pyrrole nitrogens is 1. The van der Waals surface area contributed by atoms with Crippen LogP contribution in [-0.4, -0.2) is 21.0 Å². The number of hydrogen-bond donors (Lipinski definition) is 1. The number of halogens is 1. The molecule has 2 aromatic carbocycles. The molecule has 1 saturated heterocycles. The molecule has 0 spiro atoms. The van der Waals surface area contributed by atoms with E-state index in [1.807, 2.05) is 57.2 Å². The number of aromatic amines is 1. The number of fused-ring (bicyclic) bond motifs is 1. The van der Waals surface area contributed by atoms with E-state index in [2.05, 4.69) is 10.1 Å². The lowest BCUT2D eigenvalue weighted by molar-refractivity contribution is -0.117. The number of nitrogens with one attached hydrogen (secondary N) is 1. The Balaban J connectivity index is 1.55. The van der Waals surface area contributed by atoms with Gasteiger partial charge >= 0.3 is 0 Å². The Morgan fingerprint density at radius 3 is 2.73 bits per heavy atom. The van der Waals surface area contributed by atoms with Gasteiger partial charge in [-0.25, -0.2) is 4.98 Å². The highest BCUT2D eigenvalue weighted by Crippen LogP contribution is 2.38. The lowest BCUT2D eigenvalue weighted by Gasteiger charge is -2.24. The summed E-state index contributed by atoms with van der Waals surface area (Å²) in [6.45, 7) is 5.79. The predicted octanol–water partition coefficient (Wildman–Crippen LogP) is 5.66. The molecule has 1 aliphatic rings. The first kappa shape index (κ1) is 18.9. The summed E-state index contributed by atoms with van der Waals surface area (Å²) < 4.78 is 5.31. The number of aromatic nitrogens is 3. The molecule has 0 aliphatic carbocycles. The van der Waals surface area contributed by atoms with Gasteiger partial charge < -0.3 is 14.4 Å². The van der Waals surface area contributed by atoms with Crippen LogP contribution in [0.1, 0.15) is 41.7 Å². The predicted molar refractivity (Wildman–Crippen MR) is 117 cm³/mol. The molecule has 30 heavy (non-hydrogen) atoms. The van der Waals surface area contributed by atoms with Gasteiger partial charge in [0, 0.05) is 22.7 Å². The number of carbonyl (C=O) groups is 1. The van der Waals surface area contributed by atoms with E-state index in [0.717, 1.165) is 50.7 Å². The molecule has 1 aliphatic heterocycles. The first-order valence-electron chi connectivity index (χ1n) is 9.93. The Hall–Kier alpha value is -3.12. The number of rotatable bonds is 3. The van der Waals surface area contributed by atoms with Crippen LogP contribution in [0, 0.1) is 20.8 Å². The lowest BCUT2D eigenvalue weighted by Crippen LogP contribution is -2.27. The summed E-state index contributed by atoms with van der Waals surface area (Å²) in [5.41, 5.74) is 6.43. The number of hydrogen-bond acceptors (Lipinski definition) is 4. The van der Waals surface area contributed by atoms with Crippen molar-refractivity contribution in [2.45, 2.75) is 39.7 Å². The first-order valence-corrected chi connectivity index (χ1v) is 10.3. The van der Waals surface area contributed by atoms with Crippen LogP contribution in [0.2, 0.25) is 5.02 Å². The SMILES string of the molecule is Cc1ccc(N2C(=O)CC[C@H]2c2nc3cc(-c4c(C)noc4C)ccc3[nH]2)cc1Cl. The van der Waals surface area contributed by atoms with Crippen molar-refractivity contribution in [3.05, 3.63) is 64.3 Å². The molecule has 152 valence electrons. The second kappa shape index (κ2) is 6.99. The second-order valence-electron chi connectivity index (χ2n) is 7.80. The molecule has 6 nitrogen and oxygen atoms in total. The maximum atomic E-state index is 12.7. The fraction of sp³-hybridized carbons (Fsp3) is 0.261. The molecule has 1 fully saturated rings. The third kappa shape index (κ3) is 2.99. The number of nitrogens with zero attached hydrogens (tertiary/aromatic N) is 3. The van der Waals surface area contributed by atoms with Crippen molar-refractivity contribution >= 4 is 34.2 Å². The summed E-state index contributed by atoms with van der Waals surface area (Å²) in [6, 6.07) is 11.7. The van der Waals surface area contributed by atoms with Crippen molar-refractivity contribution in [3.63, 3.8) is 0 Å². The Kier molecular flexibility index (Phi) is 4.40. The van der Waals surface area contributed by atoms with Crippen LogP contribution in [0.5, 0.6) is 0 Å². The van der Waals surface area contributed by atoms with Crippen molar-refractivity contribution < 1.29 is 9.32 Å². The summed E-state index contributed by atoms with van der Waals surface area (Å²) in [7, 11) is 0. The highest BCUT2D eigenvalue weighted by molar-refractivity contribution is 6.31. The number of carbonyl (C=O) groups excluding carboxylic acids is 1. The maximum Gasteiger partial charge on any atom is 0.227 e. The molecule has 2 aromatic heterocycles. The van der Waals surface area contributed by atoms with Crippen LogP contribution in [0.15, 0.2) is 40.9 Å². The molecule has 3 heterocycles. The van der Waals surface area contributed by atoms with Gasteiger partial charge in [0.25, 0.3) is 0 Å². The van der Waals surface area contributed by atoms with E-state index in [9.17, 15) is 4.79 Å². The summed E-state index contributed by atoms with van der Waals surface area (Å²) in [5, 5.41) is 4.70. The Bertz CT molecular complexity index is 1270. The van der Waals surface area contributed by atoms with Gasteiger partial charge in [-0.3, -0.25) is 4.79 Å². The number of anilines is 1. The summed E-state index contributed by atoms with van der Waals surface area (Å²) in [5.74, 6) is 1.65. The highest BCUT2D eigenvalue weighted by Gasteiger charge is 2.35. The van der Waals surface area contributed by atoms with Crippen molar-refractivity contribution in [3.8, 4) is 11.1 Å². The fourth-order valence-electron chi connectivity index (χ4n) is 4.23.